The van der Waals surface area contributed by atoms with Gasteiger partial charge in [0.25, 0.3) is 0 Å². The van der Waals surface area contributed by atoms with Crippen molar-refractivity contribution in [3.05, 3.63) is 18.0 Å². The van der Waals surface area contributed by atoms with E-state index in [1.165, 1.54) is 19.3 Å². The smallest absolute Gasteiger partial charge is 0.0696 e. The lowest BCUT2D eigenvalue weighted by atomic mass is 9.71. The quantitative estimate of drug-likeness (QED) is 0.824. The van der Waals surface area contributed by atoms with Gasteiger partial charge in [-0.15, -0.1) is 0 Å². The molecule has 0 saturated heterocycles. The van der Waals surface area contributed by atoms with Crippen LogP contribution in [-0.2, 0) is 6.42 Å². The van der Waals surface area contributed by atoms with Gasteiger partial charge in [0.15, 0.2) is 0 Å². The normalized spacial score (nSPS) is 34.4. The summed E-state index contributed by atoms with van der Waals surface area (Å²) in [5.41, 5.74) is 0.992. The molecular formula is C16H23N3. The lowest BCUT2D eigenvalue weighted by molar-refractivity contribution is 0.236. The standard InChI is InChI=1S/C16H23N3/c1-3-12(2)19-7-6-15(18-19)10-16(11-17)9-13-4-5-14(16)8-13/h6-7,12-14H,3-5,8-10H2,1-2H3. The van der Waals surface area contributed by atoms with Gasteiger partial charge in [-0.1, -0.05) is 13.3 Å². The van der Waals surface area contributed by atoms with Crippen molar-refractivity contribution in [3.63, 3.8) is 0 Å². The number of aromatic nitrogens is 2. The average Bonchev–Trinajstić information content (AvgIpc) is 3.13. The Hall–Kier alpha value is -1.30. The number of fused-ring (bicyclic) bond motifs is 2. The van der Waals surface area contributed by atoms with Crippen molar-refractivity contribution in [1.82, 2.24) is 9.78 Å². The summed E-state index contributed by atoms with van der Waals surface area (Å²) in [5, 5.41) is 14.4. The topological polar surface area (TPSA) is 41.6 Å². The van der Waals surface area contributed by atoms with Gasteiger partial charge in [0.05, 0.1) is 17.2 Å². The zero-order valence-electron chi connectivity index (χ0n) is 12.0. The monoisotopic (exact) mass is 257 g/mol. The van der Waals surface area contributed by atoms with Crippen LogP contribution in [0.25, 0.3) is 0 Å². The van der Waals surface area contributed by atoms with E-state index in [2.05, 4.69) is 37.3 Å². The molecule has 3 rings (SSSR count). The minimum absolute atomic E-state index is 0.114. The van der Waals surface area contributed by atoms with Crippen LogP contribution in [-0.4, -0.2) is 9.78 Å². The van der Waals surface area contributed by atoms with E-state index in [-0.39, 0.29) is 5.41 Å². The fraction of sp³-hybridized carbons (Fsp3) is 0.750. The zero-order chi connectivity index (χ0) is 13.5. The number of nitriles is 1. The number of hydrogen-bond acceptors (Lipinski definition) is 2. The summed E-state index contributed by atoms with van der Waals surface area (Å²) in [6, 6.07) is 5.22. The summed E-state index contributed by atoms with van der Waals surface area (Å²) in [4.78, 5) is 0. The molecular weight excluding hydrogens is 234 g/mol. The summed E-state index contributed by atoms with van der Waals surface area (Å²) in [6.07, 6.45) is 8.99. The largest absolute Gasteiger partial charge is 0.270 e. The second-order valence-corrected chi connectivity index (χ2v) is 6.57. The lowest BCUT2D eigenvalue weighted by Crippen LogP contribution is -2.28. The average molecular weight is 257 g/mol. The maximum atomic E-state index is 9.68. The third kappa shape index (κ3) is 2.08. The fourth-order valence-corrected chi connectivity index (χ4v) is 4.06. The van der Waals surface area contributed by atoms with Gasteiger partial charge in [-0.25, -0.2) is 0 Å². The Labute approximate surface area is 115 Å². The summed E-state index contributed by atoms with van der Waals surface area (Å²) in [6.45, 7) is 4.37. The van der Waals surface area contributed by atoms with Crippen LogP contribution in [0.5, 0.6) is 0 Å². The van der Waals surface area contributed by atoms with Crippen molar-refractivity contribution in [2.24, 2.45) is 17.3 Å². The van der Waals surface area contributed by atoms with Crippen LogP contribution in [0, 0.1) is 28.6 Å². The molecule has 0 N–H and O–H groups in total. The van der Waals surface area contributed by atoms with E-state index in [1.807, 2.05) is 4.68 Å². The Bertz CT molecular complexity index is 498. The molecule has 0 aromatic carbocycles. The molecule has 1 heterocycles. The van der Waals surface area contributed by atoms with Crippen molar-refractivity contribution in [2.75, 3.05) is 0 Å². The molecule has 4 unspecified atom stereocenters. The first-order valence-corrected chi connectivity index (χ1v) is 7.62. The van der Waals surface area contributed by atoms with Gasteiger partial charge >= 0.3 is 0 Å². The first kappa shape index (κ1) is 12.7. The van der Waals surface area contributed by atoms with Crippen molar-refractivity contribution in [1.29, 1.82) is 5.26 Å². The molecule has 2 aliphatic rings. The first-order chi connectivity index (χ1) is 9.16. The second kappa shape index (κ2) is 4.67. The molecule has 3 nitrogen and oxygen atoms in total. The molecule has 1 aromatic heterocycles. The highest BCUT2D eigenvalue weighted by Gasteiger charge is 2.51. The molecule has 2 saturated carbocycles. The van der Waals surface area contributed by atoms with Crippen molar-refractivity contribution in [2.45, 2.75) is 58.4 Å². The van der Waals surface area contributed by atoms with Gasteiger partial charge in [-0.3, -0.25) is 4.68 Å². The summed E-state index contributed by atoms with van der Waals surface area (Å²) in [5.74, 6) is 1.43. The minimum Gasteiger partial charge on any atom is -0.270 e. The SMILES string of the molecule is CCC(C)n1ccc(CC2(C#N)CC3CCC2C3)n1. The van der Waals surface area contributed by atoms with Gasteiger partial charge in [-0.2, -0.15) is 10.4 Å². The van der Waals surface area contributed by atoms with Crippen LogP contribution >= 0.6 is 0 Å². The van der Waals surface area contributed by atoms with E-state index in [1.54, 1.807) is 0 Å². The third-order valence-corrected chi connectivity index (χ3v) is 5.40. The van der Waals surface area contributed by atoms with Crippen LogP contribution in [0.1, 0.15) is 57.7 Å². The van der Waals surface area contributed by atoms with E-state index in [9.17, 15) is 5.26 Å². The molecule has 2 fully saturated rings. The Balaban J connectivity index is 1.77. The molecule has 2 bridgehead atoms. The highest BCUT2D eigenvalue weighted by molar-refractivity contribution is 5.17. The van der Waals surface area contributed by atoms with E-state index >= 15 is 0 Å². The maximum Gasteiger partial charge on any atom is 0.0696 e. The van der Waals surface area contributed by atoms with E-state index in [4.69, 9.17) is 0 Å². The molecule has 0 aliphatic heterocycles. The van der Waals surface area contributed by atoms with Crippen LogP contribution in [0.4, 0.5) is 0 Å². The van der Waals surface area contributed by atoms with Gasteiger partial charge in [0, 0.05) is 18.7 Å². The minimum atomic E-state index is -0.114. The number of rotatable bonds is 4. The van der Waals surface area contributed by atoms with E-state index in [0.717, 1.165) is 30.9 Å². The van der Waals surface area contributed by atoms with Gasteiger partial charge in [0.2, 0.25) is 0 Å². The molecule has 0 amide bonds. The van der Waals surface area contributed by atoms with Crippen molar-refractivity contribution < 1.29 is 0 Å². The highest BCUT2D eigenvalue weighted by Crippen LogP contribution is 2.56. The summed E-state index contributed by atoms with van der Waals surface area (Å²) in [7, 11) is 0. The Morgan fingerprint density at radius 3 is 3.00 bits per heavy atom. The second-order valence-electron chi connectivity index (χ2n) is 6.57. The van der Waals surface area contributed by atoms with Crippen molar-refractivity contribution in [3.8, 4) is 6.07 Å². The van der Waals surface area contributed by atoms with Crippen molar-refractivity contribution >= 4 is 0 Å². The van der Waals surface area contributed by atoms with Crippen LogP contribution in [0.2, 0.25) is 0 Å². The number of nitrogens with zero attached hydrogens (tertiary/aromatic N) is 3. The van der Waals surface area contributed by atoms with Gasteiger partial charge in [-0.05, 0) is 50.5 Å². The van der Waals surface area contributed by atoms with Crippen LogP contribution in [0.3, 0.4) is 0 Å². The predicted molar refractivity (Wildman–Crippen MR) is 74.4 cm³/mol. The number of hydrogen-bond donors (Lipinski definition) is 0. The highest BCUT2D eigenvalue weighted by atomic mass is 15.3. The van der Waals surface area contributed by atoms with Gasteiger partial charge in [0.1, 0.15) is 0 Å². The molecule has 102 valence electrons. The maximum absolute atomic E-state index is 9.68. The van der Waals surface area contributed by atoms with E-state index in [0.29, 0.717) is 12.0 Å². The Kier molecular flexibility index (Phi) is 3.12. The summed E-state index contributed by atoms with van der Waals surface area (Å²) >= 11 is 0. The summed E-state index contributed by atoms with van der Waals surface area (Å²) < 4.78 is 2.05. The van der Waals surface area contributed by atoms with Crippen LogP contribution < -0.4 is 0 Å². The molecule has 1 aromatic rings. The van der Waals surface area contributed by atoms with E-state index < -0.39 is 0 Å². The van der Waals surface area contributed by atoms with Crippen LogP contribution in [0.15, 0.2) is 12.3 Å². The Morgan fingerprint density at radius 1 is 1.58 bits per heavy atom. The third-order valence-electron chi connectivity index (χ3n) is 5.40. The zero-order valence-corrected chi connectivity index (χ0v) is 12.0. The van der Waals surface area contributed by atoms with Gasteiger partial charge < -0.3 is 0 Å². The predicted octanol–water partition coefficient (Wildman–Crippen LogP) is 3.73. The first-order valence-electron chi connectivity index (χ1n) is 7.62. The molecule has 3 heteroatoms. The molecule has 0 spiro atoms. The molecule has 0 radical (unpaired) electrons. The molecule has 19 heavy (non-hydrogen) atoms. The Morgan fingerprint density at radius 2 is 2.42 bits per heavy atom. The fourth-order valence-electron chi connectivity index (χ4n) is 4.06. The lowest BCUT2D eigenvalue weighted by Gasteiger charge is -2.30. The molecule has 2 aliphatic carbocycles. The molecule has 4 atom stereocenters.